The van der Waals surface area contributed by atoms with E-state index >= 15 is 0 Å². The zero-order valence-electron chi connectivity index (χ0n) is 8.09. The van der Waals surface area contributed by atoms with Gasteiger partial charge >= 0.3 is 0 Å². The van der Waals surface area contributed by atoms with Crippen molar-refractivity contribution in [3.05, 3.63) is 29.6 Å². The summed E-state index contributed by atoms with van der Waals surface area (Å²) in [4.78, 5) is 4.17. The van der Waals surface area contributed by atoms with Crippen LogP contribution >= 0.6 is 0 Å². The molecule has 0 aliphatic heterocycles. The molecule has 1 unspecified atom stereocenters. The van der Waals surface area contributed by atoms with E-state index in [-0.39, 0.29) is 0 Å². The molecule has 1 aliphatic carbocycles. The van der Waals surface area contributed by atoms with Crippen molar-refractivity contribution in [2.24, 2.45) is 0 Å². The molecule has 0 aromatic carbocycles. The van der Waals surface area contributed by atoms with Crippen LogP contribution in [-0.2, 0) is 6.42 Å². The Morgan fingerprint density at radius 2 is 2.54 bits per heavy atom. The Morgan fingerprint density at radius 1 is 1.62 bits per heavy atom. The average Bonchev–Trinajstić information content (AvgIpc) is 2.19. The van der Waals surface area contributed by atoms with Crippen LogP contribution in [0.1, 0.15) is 29.9 Å². The molecule has 1 aliphatic rings. The number of aryl methyl sites for hydroxylation is 1. The Labute approximate surface area is 79.4 Å². The molecule has 1 heterocycles. The number of nitrogens with one attached hydrogen (secondary N) is 1. The molecule has 0 fully saturated rings. The van der Waals surface area contributed by atoms with Gasteiger partial charge in [0.1, 0.15) is 0 Å². The van der Waals surface area contributed by atoms with Gasteiger partial charge in [-0.05, 0) is 49.4 Å². The quantitative estimate of drug-likeness (QED) is 0.742. The molecule has 0 saturated carbocycles. The van der Waals surface area contributed by atoms with Crippen molar-refractivity contribution in [3.8, 4) is 0 Å². The second kappa shape index (κ2) is 3.88. The summed E-state index contributed by atoms with van der Waals surface area (Å²) >= 11 is 0. The molecule has 1 N–H and O–H groups in total. The molecule has 0 radical (unpaired) electrons. The Balaban J connectivity index is 2.26. The van der Waals surface area contributed by atoms with E-state index in [0.717, 1.165) is 6.54 Å². The van der Waals surface area contributed by atoms with E-state index in [1.807, 2.05) is 19.4 Å². The first-order chi connectivity index (χ1) is 6.42. The molecule has 1 aromatic heterocycles. The van der Waals surface area contributed by atoms with Gasteiger partial charge in [-0.15, -0.1) is 0 Å². The molecule has 0 bridgehead atoms. The fraction of sp³-hybridized carbons (Fsp3) is 0.545. The van der Waals surface area contributed by atoms with Gasteiger partial charge in [0.15, 0.2) is 0 Å². The monoisotopic (exact) mass is 176 g/mol. The van der Waals surface area contributed by atoms with Gasteiger partial charge in [-0.1, -0.05) is 0 Å². The molecule has 0 saturated heterocycles. The zero-order chi connectivity index (χ0) is 9.10. The third-order valence-corrected chi connectivity index (χ3v) is 2.83. The van der Waals surface area contributed by atoms with Gasteiger partial charge in [-0.25, -0.2) is 0 Å². The lowest BCUT2D eigenvalue weighted by Crippen LogP contribution is -2.21. The Morgan fingerprint density at radius 3 is 3.38 bits per heavy atom. The zero-order valence-corrected chi connectivity index (χ0v) is 8.09. The van der Waals surface area contributed by atoms with Crippen molar-refractivity contribution in [3.63, 3.8) is 0 Å². The summed E-state index contributed by atoms with van der Waals surface area (Å²) in [5, 5.41) is 3.26. The molecule has 13 heavy (non-hydrogen) atoms. The third-order valence-electron chi connectivity index (χ3n) is 2.83. The number of hydrogen-bond donors (Lipinski definition) is 1. The highest BCUT2D eigenvalue weighted by Crippen LogP contribution is 2.29. The van der Waals surface area contributed by atoms with Crippen molar-refractivity contribution < 1.29 is 0 Å². The van der Waals surface area contributed by atoms with Crippen LogP contribution in [-0.4, -0.2) is 18.6 Å². The van der Waals surface area contributed by atoms with Crippen molar-refractivity contribution in [2.45, 2.75) is 25.2 Å². The summed E-state index contributed by atoms with van der Waals surface area (Å²) in [5.41, 5.74) is 2.96. The lowest BCUT2D eigenvalue weighted by atomic mass is 9.84. The highest BCUT2D eigenvalue weighted by atomic mass is 14.8. The van der Waals surface area contributed by atoms with E-state index in [0.29, 0.717) is 5.92 Å². The lowest BCUT2D eigenvalue weighted by molar-refractivity contribution is 0.527. The van der Waals surface area contributed by atoms with E-state index < -0.39 is 0 Å². The normalized spacial score (nSPS) is 21.2. The molecular formula is C11H16N2. The van der Waals surface area contributed by atoms with Crippen LogP contribution < -0.4 is 5.32 Å². The van der Waals surface area contributed by atoms with E-state index in [9.17, 15) is 0 Å². The summed E-state index contributed by atoms with van der Waals surface area (Å²) in [7, 11) is 2.02. The van der Waals surface area contributed by atoms with Crippen molar-refractivity contribution in [1.29, 1.82) is 0 Å². The van der Waals surface area contributed by atoms with Gasteiger partial charge in [0, 0.05) is 18.9 Å². The molecule has 70 valence electrons. The summed E-state index contributed by atoms with van der Waals surface area (Å²) in [6.07, 6.45) is 7.77. The predicted molar refractivity (Wildman–Crippen MR) is 53.8 cm³/mol. The Bertz CT molecular complexity index is 283. The van der Waals surface area contributed by atoms with E-state index in [4.69, 9.17) is 0 Å². The first-order valence-electron chi connectivity index (χ1n) is 4.99. The van der Waals surface area contributed by atoms with E-state index in [1.165, 1.54) is 30.4 Å². The molecule has 1 aromatic rings. The summed E-state index contributed by atoms with van der Waals surface area (Å²) in [6.45, 7) is 1.09. The summed E-state index contributed by atoms with van der Waals surface area (Å²) in [6, 6.07) is 2.18. The maximum absolute atomic E-state index is 4.17. The van der Waals surface area contributed by atoms with Gasteiger partial charge in [0.05, 0.1) is 0 Å². The summed E-state index contributed by atoms with van der Waals surface area (Å²) in [5.74, 6) is 0.705. The molecule has 1 atom stereocenters. The number of fused-ring (bicyclic) bond motifs is 1. The Kier molecular flexibility index (Phi) is 2.60. The largest absolute Gasteiger partial charge is 0.319 e. The smallest absolute Gasteiger partial charge is 0.0302 e. The number of pyridine rings is 1. The number of aromatic nitrogens is 1. The standard InChI is InChI=1S/C11H16N2/c1-12-7-9-3-2-4-10-8-13-6-5-11(9)10/h5-6,8-9,12H,2-4,7H2,1H3. The van der Waals surface area contributed by atoms with Crippen molar-refractivity contribution >= 4 is 0 Å². The minimum absolute atomic E-state index is 0.705. The lowest BCUT2D eigenvalue weighted by Gasteiger charge is -2.24. The molecular weight excluding hydrogens is 160 g/mol. The maximum Gasteiger partial charge on any atom is 0.0302 e. The predicted octanol–water partition coefficient (Wildman–Crippen LogP) is 1.72. The van der Waals surface area contributed by atoms with Crippen molar-refractivity contribution in [2.75, 3.05) is 13.6 Å². The van der Waals surface area contributed by atoms with Crippen LogP contribution in [0.25, 0.3) is 0 Å². The van der Waals surface area contributed by atoms with Gasteiger partial charge < -0.3 is 5.32 Å². The highest BCUT2D eigenvalue weighted by molar-refractivity contribution is 5.29. The van der Waals surface area contributed by atoms with Crippen molar-refractivity contribution in [1.82, 2.24) is 10.3 Å². The maximum atomic E-state index is 4.17. The number of hydrogen-bond acceptors (Lipinski definition) is 2. The van der Waals surface area contributed by atoms with E-state index in [1.54, 1.807) is 0 Å². The number of rotatable bonds is 2. The minimum Gasteiger partial charge on any atom is -0.319 e. The average molecular weight is 176 g/mol. The molecule has 0 spiro atoms. The minimum atomic E-state index is 0.705. The second-order valence-electron chi connectivity index (χ2n) is 3.72. The number of nitrogens with zero attached hydrogens (tertiary/aromatic N) is 1. The third kappa shape index (κ3) is 1.73. The second-order valence-corrected chi connectivity index (χ2v) is 3.72. The fourth-order valence-electron chi connectivity index (χ4n) is 2.20. The van der Waals surface area contributed by atoms with Gasteiger partial charge in [0.25, 0.3) is 0 Å². The van der Waals surface area contributed by atoms with Crippen LogP contribution in [0, 0.1) is 0 Å². The molecule has 2 heteroatoms. The van der Waals surface area contributed by atoms with E-state index in [2.05, 4.69) is 16.4 Å². The van der Waals surface area contributed by atoms with Gasteiger partial charge in [-0.3, -0.25) is 4.98 Å². The topological polar surface area (TPSA) is 24.9 Å². The SMILES string of the molecule is CNCC1CCCc2cnccc21. The first kappa shape index (κ1) is 8.70. The fourth-order valence-corrected chi connectivity index (χ4v) is 2.20. The van der Waals surface area contributed by atoms with Crippen LogP contribution in [0.2, 0.25) is 0 Å². The van der Waals surface area contributed by atoms with Crippen LogP contribution in [0.15, 0.2) is 18.5 Å². The summed E-state index contributed by atoms with van der Waals surface area (Å²) < 4.78 is 0. The van der Waals surface area contributed by atoms with Crippen LogP contribution in [0.3, 0.4) is 0 Å². The van der Waals surface area contributed by atoms with Gasteiger partial charge in [-0.2, -0.15) is 0 Å². The number of likely N-dealkylation sites (N-methyl/N-ethyl adjacent to an activating group) is 1. The molecule has 2 rings (SSSR count). The van der Waals surface area contributed by atoms with Crippen LogP contribution in [0.4, 0.5) is 0 Å². The molecule has 2 nitrogen and oxygen atoms in total. The molecule has 0 amide bonds. The highest BCUT2D eigenvalue weighted by Gasteiger charge is 2.18. The first-order valence-corrected chi connectivity index (χ1v) is 4.99. The Hall–Kier alpha value is -0.890. The van der Waals surface area contributed by atoms with Crippen LogP contribution in [0.5, 0.6) is 0 Å². The van der Waals surface area contributed by atoms with Gasteiger partial charge in [0.2, 0.25) is 0 Å².